The number of amides is 1. The lowest BCUT2D eigenvalue weighted by Gasteiger charge is -2.11. The number of benzene rings is 1. The maximum absolute atomic E-state index is 12.1. The Bertz CT molecular complexity index is 635. The molecule has 0 fully saturated rings. The number of rotatable bonds is 4. The highest BCUT2D eigenvalue weighted by Crippen LogP contribution is 2.19. The maximum Gasteiger partial charge on any atom is 0.272 e. The lowest BCUT2D eigenvalue weighted by molar-refractivity contribution is -0.385. The average molecular weight is 274 g/mol. The topological polar surface area (TPSA) is 85.4 Å². The van der Waals surface area contributed by atoms with Crippen LogP contribution in [0.4, 0.5) is 5.69 Å². The van der Waals surface area contributed by atoms with E-state index in [1.54, 1.807) is 26.0 Å². The fraction of sp³-hybridized carbons (Fsp3) is 0.214. The van der Waals surface area contributed by atoms with Crippen LogP contribution in [0.3, 0.4) is 0 Å². The Kier molecular flexibility index (Phi) is 3.84. The van der Waals surface area contributed by atoms with Crippen LogP contribution in [0.2, 0.25) is 0 Å². The molecule has 2 aromatic rings. The Morgan fingerprint density at radius 3 is 2.70 bits per heavy atom. The Morgan fingerprint density at radius 1 is 1.40 bits per heavy atom. The summed E-state index contributed by atoms with van der Waals surface area (Å²) < 4.78 is 5.20. The third-order valence-electron chi connectivity index (χ3n) is 2.97. The van der Waals surface area contributed by atoms with Gasteiger partial charge in [-0.05, 0) is 38.1 Å². The summed E-state index contributed by atoms with van der Waals surface area (Å²) in [5.74, 6) is 0.351. The molecule has 1 N–H and O–H groups in total. The Balaban J connectivity index is 2.14. The monoisotopic (exact) mass is 274 g/mol. The van der Waals surface area contributed by atoms with Crippen LogP contribution in [0, 0.1) is 17.0 Å². The maximum atomic E-state index is 12.1. The Hall–Kier alpha value is -2.63. The molecule has 1 atom stereocenters. The molecule has 2 rings (SSSR count). The summed E-state index contributed by atoms with van der Waals surface area (Å²) >= 11 is 0. The molecule has 0 aliphatic heterocycles. The van der Waals surface area contributed by atoms with Gasteiger partial charge >= 0.3 is 0 Å². The molecule has 0 aliphatic rings. The van der Waals surface area contributed by atoms with Crippen molar-refractivity contribution in [2.75, 3.05) is 0 Å². The average Bonchev–Trinajstić information content (AvgIpc) is 2.91. The normalized spacial score (nSPS) is 11.9. The number of aryl methyl sites for hydroxylation is 1. The van der Waals surface area contributed by atoms with E-state index in [1.807, 2.05) is 0 Å². The van der Waals surface area contributed by atoms with Gasteiger partial charge in [0.2, 0.25) is 0 Å². The first kappa shape index (κ1) is 13.8. The van der Waals surface area contributed by atoms with Crippen molar-refractivity contribution >= 4 is 11.6 Å². The highest BCUT2D eigenvalue weighted by Gasteiger charge is 2.16. The number of nitrogens with zero attached hydrogens (tertiary/aromatic N) is 1. The zero-order valence-corrected chi connectivity index (χ0v) is 11.1. The van der Waals surface area contributed by atoms with Crippen molar-refractivity contribution in [3.63, 3.8) is 0 Å². The number of carbonyl (C=O) groups is 1. The van der Waals surface area contributed by atoms with Crippen molar-refractivity contribution in [3.05, 3.63) is 63.6 Å². The van der Waals surface area contributed by atoms with Crippen LogP contribution in [0.5, 0.6) is 0 Å². The van der Waals surface area contributed by atoms with E-state index < -0.39 is 4.92 Å². The van der Waals surface area contributed by atoms with E-state index in [1.165, 1.54) is 24.5 Å². The molecule has 1 amide bonds. The van der Waals surface area contributed by atoms with Gasteiger partial charge in [-0.1, -0.05) is 0 Å². The third kappa shape index (κ3) is 2.85. The van der Waals surface area contributed by atoms with Crippen LogP contribution in [-0.2, 0) is 0 Å². The molecule has 0 bridgehead atoms. The number of nitro benzene ring substituents is 1. The van der Waals surface area contributed by atoms with Gasteiger partial charge in [0, 0.05) is 17.2 Å². The Labute approximate surface area is 115 Å². The molecule has 0 aliphatic carbocycles. The number of carbonyl (C=O) groups excluding carboxylic acids is 1. The summed E-state index contributed by atoms with van der Waals surface area (Å²) in [5, 5.41) is 13.5. The number of hydrogen-bond donors (Lipinski definition) is 1. The first-order valence-corrected chi connectivity index (χ1v) is 6.08. The number of hydrogen-bond acceptors (Lipinski definition) is 4. The second-order valence-electron chi connectivity index (χ2n) is 4.47. The molecule has 104 valence electrons. The number of nitrogens with one attached hydrogen (secondary N) is 1. The first-order valence-electron chi connectivity index (χ1n) is 6.08. The molecular weight excluding hydrogens is 260 g/mol. The molecule has 6 nitrogen and oxygen atoms in total. The van der Waals surface area contributed by atoms with Crippen molar-refractivity contribution in [1.82, 2.24) is 5.32 Å². The summed E-state index contributed by atoms with van der Waals surface area (Å²) in [5.41, 5.74) is 0.834. The second kappa shape index (κ2) is 5.56. The second-order valence-corrected chi connectivity index (χ2v) is 4.47. The zero-order chi connectivity index (χ0) is 14.7. The van der Waals surface area contributed by atoms with Crippen LogP contribution >= 0.6 is 0 Å². The van der Waals surface area contributed by atoms with E-state index in [4.69, 9.17) is 4.42 Å². The van der Waals surface area contributed by atoms with Crippen LogP contribution in [0.25, 0.3) is 0 Å². The zero-order valence-electron chi connectivity index (χ0n) is 11.1. The predicted molar refractivity (Wildman–Crippen MR) is 72.4 cm³/mol. The van der Waals surface area contributed by atoms with Gasteiger partial charge in [0.25, 0.3) is 11.6 Å². The molecule has 1 aromatic carbocycles. The molecule has 20 heavy (non-hydrogen) atoms. The van der Waals surface area contributed by atoms with Crippen molar-refractivity contribution < 1.29 is 14.1 Å². The quantitative estimate of drug-likeness (QED) is 0.686. The fourth-order valence-corrected chi connectivity index (χ4v) is 1.89. The standard InChI is InChI=1S/C14H14N2O4/c1-9-8-11(5-6-12(9)16(18)19)14(17)15-10(2)13-4-3-7-20-13/h3-8,10H,1-2H3,(H,15,17)/t10-/m1/s1. The summed E-state index contributed by atoms with van der Waals surface area (Å²) in [6.45, 7) is 3.40. The largest absolute Gasteiger partial charge is 0.467 e. The third-order valence-corrected chi connectivity index (χ3v) is 2.97. The van der Waals surface area contributed by atoms with Crippen molar-refractivity contribution in [2.24, 2.45) is 0 Å². The van der Waals surface area contributed by atoms with E-state index in [9.17, 15) is 14.9 Å². The van der Waals surface area contributed by atoms with Gasteiger partial charge in [0.1, 0.15) is 5.76 Å². The van der Waals surface area contributed by atoms with E-state index >= 15 is 0 Å². The van der Waals surface area contributed by atoms with Gasteiger partial charge in [0.15, 0.2) is 0 Å². The summed E-state index contributed by atoms with van der Waals surface area (Å²) in [6.07, 6.45) is 1.54. The van der Waals surface area contributed by atoms with Crippen LogP contribution in [0.15, 0.2) is 41.0 Å². The van der Waals surface area contributed by atoms with Crippen molar-refractivity contribution in [1.29, 1.82) is 0 Å². The number of furan rings is 1. The van der Waals surface area contributed by atoms with Crippen LogP contribution in [-0.4, -0.2) is 10.8 Å². The molecule has 0 saturated heterocycles. The molecule has 0 saturated carbocycles. The van der Waals surface area contributed by atoms with Gasteiger partial charge in [-0.25, -0.2) is 0 Å². The van der Waals surface area contributed by atoms with Crippen molar-refractivity contribution in [3.8, 4) is 0 Å². The summed E-state index contributed by atoms with van der Waals surface area (Å²) in [6, 6.07) is 7.52. The Morgan fingerprint density at radius 2 is 2.15 bits per heavy atom. The highest BCUT2D eigenvalue weighted by molar-refractivity contribution is 5.94. The van der Waals surface area contributed by atoms with Crippen LogP contribution < -0.4 is 5.32 Å². The predicted octanol–water partition coefficient (Wildman–Crippen LogP) is 2.99. The van der Waals surface area contributed by atoms with Gasteiger partial charge in [-0.15, -0.1) is 0 Å². The van der Waals surface area contributed by atoms with E-state index in [2.05, 4.69) is 5.32 Å². The summed E-state index contributed by atoms with van der Waals surface area (Å²) in [4.78, 5) is 22.3. The van der Waals surface area contributed by atoms with Crippen LogP contribution in [0.1, 0.15) is 34.6 Å². The fourth-order valence-electron chi connectivity index (χ4n) is 1.89. The number of nitro groups is 1. The molecule has 1 heterocycles. The first-order chi connectivity index (χ1) is 9.49. The van der Waals surface area contributed by atoms with E-state index in [0.29, 0.717) is 16.9 Å². The lowest BCUT2D eigenvalue weighted by atomic mass is 10.1. The van der Waals surface area contributed by atoms with Gasteiger partial charge in [-0.2, -0.15) is 0 Å². The lowest BCUT2D eigenvalue weighted by Crippen LogP contribution is -2.26. The molecule has 0 spiro atoms. The van der Waals surface area contributed by atoms with Gasteiger partial charge in [-0.3, -0.25) is 14.9 Å². The van der Waals surface area contributed by atoms with Crippen molar-refractivity contribution in [2.45, 2.75) is 19.9 Å². The van der Waals surface area contributed by atoms with E-state index in [0.717, 1.165) is 0 Å². The SMILES string of the molecule is Cc1cc(C(=O)N[C@H](C)c2ccco2)ccc1[N+](=O)[O-]. The van der Waals surface area contributed by atoms with Gasteiger partial charge < -0.3 is 9.73 Å². The highest BCUT2D eigenvalue weighted by atomic mass is 16.6. The minimum Gasteiger partial charge on any atom is -0.467 e. The summed E-state index contributed by atoms with van der Waals surface area (Å²) in [7, 11) is 0. The smallest absolute Gasteiger partial charge is 0.272 e. The van der Waals surface area contributed by atoms with E-state index in [-0.39, 0.29) is 17.6 Å². The molecule has 6 heteroatoms. The molecular formula is C14H14N2O4. The minimum atomic E-state index is -0.470. The minimum absolute atomic E-state index is 0.000586. The molecule has 0 unspecified atom stereocenters. The molecule has 0 radical (unpaired) electrons. The van der Waals surface area contributed by atoms with Gasteiger partial charge in [0.05, 0.1) is 17.2 Å². The molecule has 1 aromatic heterocycles.